The van der Waals surface area contributed by atoms with Crippen LogP contribution in [0.2, 0.25) is 0 Å². The van der Waals surface area contributed by atoms with Crippen LogP contribution < -0.4 is 11.1 Å². The number of nitrogen functional groups attached to an aromatic ring is 1. The Kier molecular flexibility index (Phi) is 4.90. The van der Waals surface area contributed by atoms with E-state index in [-0.39, 0.29) is 23.7 Å². The number of aryl methyl sites for hydroxylation is 1. The second-order valence-electron chi connectivity index (χ2n) is 4.14. The van der Waals surface area contributed by atoms with Gasteiger partial charge in [-0.15, -0.1) is 0 Å². The summed E-state index contributed by atoms with van der Waals surface area (Å²) in [6.45, 7) is 2.49. The molecule has 108 valence electrons. The van der Waals surface area contributed by atoms with Crippen molar-refractivity contribution in [2.75, 3.05) is 32.1 Å². The van der Waals surface area contributed by atoms with Crippen LogP contribution in [0.5, 0.6) is 0 Å². The molecule has 0 atom stereocenters. The van der Waals surface area contributed by atoms with Crippen LogP contribution in [0.3, 0.4) is 0 Å². The van der Waals surface area contributed by atoms with Crippen LogP contribution in [0.25, 0.3) is 0 Å². The zero-order chi connectivity index (χ0) is 14.6. The molecule has 1 rings (SSSR count). The van der Waals surface area contributed by atoms with E-state index >= 15 is 0 Å². The summed E-state index contributed by atoms with van der Waals surface area (Å²) in [5.41, 5.74) is 6.04. The van der Waals surface area contributed by atoms with Gasteiger partial charge < -0.3 is 11.1 Å². The van der Waals surface area contributed by atoms with E-state index in [1.165, 1.54) is 14.1 Å². The molecule has 0 radical (unpaired) electrons. The first-order valence-corrected chi connectivity index (χ1v) is 7.40. The lowest BCUT2D eigenvalue weighted by Gasteiger charge is -2.11. The Hall–Kier alpha value is -1.61. The van der Waals surface area contributed by atoms with E-state index < -0.39 is 15.9 Å². The molecule has 19 heavy (non-hydrogen) atoms. The Balaban J connectivity index is 2.59. The van der Waals surface area contributed by atoms with Crippen LogP contribution in [0.4, 0.5) is 5.69 Å². The number of amides is 1. The number of carbonyl (C=O) groups excluding carboxylic acids is 1. The maximum absolute atomic E-state index is 11.8. The van der Waals surface area contributed by atoms with Crippen molar-refractivity contribution >= 4 is 21.6 Å². The monoisotopic (exact) mass is 289 g/mol. The highest BCUT2D eigenvalue weighted by Crippen LogP contribution is 2.08. The largest absolute Gasteiger partial charge is 0.396 e. The van der Waals surface area contributed by atoms with Crippen LogP contribution in [-0.2, 0) is 16.6 Å². The molecule has 0 unspecified atom stereocenters. The van der Waals surface area contributed by atoms with E-state index in [1.807, 2.05) is 6.92 Å². The first kappa shape index (κ1) is 15.4. The summed E-state index contributed by atoms with van der Waals surface area (Å²) in [5, 5.41) is 6.49. The van der Waals surface area contributed by atoms with Crippen molar-refractivity contribution < 1.29 is 13.2 Å². The molecule has 1 aromatic heterocycles. The van der Waals surface area contributed by atoms with Gasteiger partial charge in [0.1, 0.15) is 0 Å². The minimum absolute atomic E-state index is 0.0117. The van der Waals surface area contributed by atoms with E-state index in [9.17, 15) is 13.2 Å². The molecule has 0 fully saturated rings. The van der Waals surface area contributed by atoms with Gasteiger partial charge in [0, 0.05) is 33.4 Å². The quantitative estimate of drug-likeness (QED) is 0.705. The first-order valence-electron chi connectivity index (χ1n) is 5.79. The molecular weight excluding hydrogens is 270 g/mol. The molecule has 0 bridgehead atoms. The zero-order valence-electron chi connectivity index (χ0n) is 11.3. The predicted octanol–water partition coefficient (Wildman–Crippen LogP) is -0.894. The van der Waals surface area contributed by atoms with Crippen molar-refractivity contribution in [2.45, 2.75) is 13.5 Å². The predicted molar refractivity (Wildman–Crippen MR) is 72.1 cm³/mol. The smallest absolute Gasteiger partial charge is 0.273 e. The summed E-state index contributed by atoms with van der Waals surface area (Å²) in [6.07, 6.45) is 1.56. The third-order valence-corrected chi connectivity index (χ3v) is 4.36. The number of carbonyl (C=O) groups is 1. The number of anilines is 1. The Morgan fingerprint density at radius 1 is 1.53 bits per heavy atom. The zero-order valence-corrected chi connectivity index (χ0v) is 12.1. The van der Waals surface area contributed by atoms with E-state index in [1.54, 1.807) is 10.9 Å². The summed E-state index contributed by atoms with van der Waals surface area (Å²) >= 11 is 0. The third kappa shape index (κ3) is 3.93. The first-order chi connectivity index (χ1) is 8.77. The van der Waals surface area contributed by atoms with Gasteiger partial charge in [-0.1, -0.05) is 0 Å². The van der Waals surface area contributed by atoms with E-state index in [2.05, 4.69) is 10.4 Å². The second-order valence-corrected chi connectivity index (χ2v) is 6.45. The van der Waals surface area contributed by atoms with E-state index in [0.717, 1.165) is 4.31 Å². The normalized spacial score (nSPS) is 11.8. The molecule has 1 heterocycles. The maximum atomic E-state index is 11.8. The third-order valence-electron chi connectivity index (χ3n) is 2.53. The molecule has 9 heteroatoms. The molecule has 0 saturated heterocycles. The van der Waals surface area contributed by atoms with E-state index in [4.69, 9.17) is 5.73 Å². The number of nitrogens with zero attached hydrogens (tertiary/aromatic N) is 3. The average molecular weight is 289 g/mol. The molecule has 0 aliphatic rings. The lowest BCUT2D eigenvalue weighted by atomic mass is 10.3. The van der Waals surface area contributed by atoms with Gasteiger partial charge in [-0.3, -0.25) is 9.48 Å². The van der Waals surface area contributed by atoms with Gasteiger partial charge in [0.25, 0.3) is 5.91 Å². The Morgan fingerprint density at radius 3 is 2.63 bits per heavy atom. The highest BCUT2D eigenvalue weighted by molar-refractivity contribution is 7.89. The summed E-state index contributed by atoms with van der Waals surface area (Å²) in [5.74, 6) is -0.640. The molecular formula is C10H19N5O3S. The minimum Gasteiger partial charge on any atom is -0.396 e. The summed E-state index contributed by atoms with van der Waals surface area (Å²) in [4.78, 5) is 11.8. The summed E-state index contributed by atoms with van der Waals surface area (Å²) in [7, 11) is -0.439. The van der Waals surface area contributed by atoms with Crippen molar-refractivity contribution in [3.8, 4) is 0 Å². The van der Waals surface area contributed by atoms with Gasteiger partial charge in [0.15, 0.2) is 5.69 Å². The fourth-order valence-electron chi connectivity index (χ4n) is 1.34. The van der Waals surface area contributed by atoms with Crippen molar-refractivity contribution in [1.82, 2.24) is 19.4 Å². The van der Waals surface area contributed by atoms with Crippen LogP contribution in [0, 0.1) is 0 Å². The van der Waals surface area contributed by atoms with Crippen LogP contribution in [-0.4, -0.2) is 54.8 Å². The molecule has 1 aromatic rings. The second kappa shape index (κ2) is 6.02. The Morgan fingerprint density at radius 2 is 2.16 bits per heavy atom. The highest BCUT2D eigenvalue weighted by atomic mass is 32.2. The number of hydrogen-bond donors (Lipinski definition) is 2. The SMILES string of the molecule is CCn1cc(N)c(C(=O)NCCS(=O)(=O)N(C)C)n1. The number of rotatable bonds is 6. The van der Waals surface area contributed by atoms with E-state index in [0.29, 0.717) is 6.54 Å². The van der Waals surface area contributed by atoms with Crippen LogP contribution >= 0.6 is 0 Å². The highest BCUT2D eigenvalue weighted by Gasteiger charge is 2.17. The maximum Gasteiger partial charge on any atom is 0.273 e. The molecule has 3 N–H and O–H groups in total. The minimum atomic E-state index is -3.32. The molecule has 0 aliphatic heterocycles. The van der Waals surface area contributed by atoms with Gasteiger partial charge >= 0.3 is 0 Å². The van der Waals surface area contributed by atoms with Crippen molar-refractivity contribution in [2.24, 2.45) is 0 Å². The average Bonchev–Trinajstić information content (AvgIpc) is 2.70. The summed E-state index contributed by atoms with van der Waals surface area (Å²) < 4.78 is 25.6. The Labute approximate surface area is 112 Å². The van der Waals surface area contributed by atoms with Crippen LogP contribution in [0.15, 0.2) is 6.20 Å². The van der Waals surface area contributed by atoms with Crippen LogP contribution in [0.1, 0.15) is 17.4 Å². The van der Waals surface area contributed by atoms with Crippen molar-refractivity contribution in [3.05, 3.63) is 11.9 Å². The molecule has 0 spiro atoms. The van der Waals surface area contributed by atoms with Gasteiger partial charge in [-0.25, -0.2) is 12.7 Å². The molecule has 1 amide bonds. The summed E-state index contributed by atoms with van der Waals surface area (Å²) in [6, 6.07) is 0. The van der Waals surface area contributed by atoms with Gasteiger partial charge in [0.05, 0.1) is 11.4 Å². The van der Waals surface area contributed by atoms with Crippen molar-refractivity contribution in [3.63, 3.8) is 0 Å². The fraction of sp³-hybridized carbons (Fsp3) is 0.600. The fourth-order valence-corrected chi connectivity index (χ4v) is 2.06. The number of nitrogens with one attached hydrogen (secondary N) is 1. The van der Waals surface area contributed by atoms with Gasteiger partial charge in [-0.05, 0) is 6.92 Å². The van der Waals surface area contributed by atoms with Gasteiger partial charge in [-0.2, -0.15) is 5.10 Å². The number of aromatic nitrogens is 2. The van der Waals surface area contributed by atoms with Gasteiger partial charge in [0.2, 0.25) is 10.0 Å². The van der Waals surface area contributed by atoms with Crippen molar-refractivity contribution in [1.29, 1.82) is 0 Å². The number of sulfonamides is 1. The molecule has 0 aliphatic carbocycles. The molecule has 0 aromatic carbocycles. The number of nitrogens with two attached hydrogens (primary N) is 1. The number of hydrogen-bond acceptors (Lipinski definition) is 5. The Bertz CT molecular complexity index is 550. The lowest BCUT2D eigenvalue weighted by molar-refractivity contribution is 0.0951. The standard InChI is InChI=1S/C10H19N5O3S/c1-4-15-7-8(11)9(13-15)10(16)12-5-6-19(17,18)14(2)3/h7H,4-6,11H2,1-3H3,(H,12,16). The topological polar surface area (TPSA) is 110 Å². The molecule has 0 saturated carbocycles. The molecule has 8 nitrogen and oxygen atoms in total. The lowest BCUT2D eigenvalue weighted by Crippen LogP contribution is -2.34.